The van der Waals surface area contributed by atoms with E-state index in [0.29, 0.717) is 12.8 Å². The van der Waals surface area contributed by atoms with Gasteiger partial charge in [-0.25, -0.2) is 0 Å². The Morgan fingerprint density at radius 3 is 2.67 bits per heavy atom. The van der Waals surface area contributed by atoms with E-state index < -0.39 is 5.54 Å². The molecule has 0 spiro atoms. The standard InChI is InChI=1S/C13H19N3O2/c1-18-11-5-3-2-4-10(11)16-13(12(14)17)6-8-15-9-7-13/h2-5,15-16H,6-9H2,1H3,(H2,14,17). The Morgan fingerprint density at radius 2 is 2.06 bits per heavy atom. The number of primary amides is 1. The zero-order valence-electron chi connectivity index (χ0n) is 10.5. The summed E-state index contributed by atoms with van der Waals surface area (Å²) in [6, 6.07) is 7.55. The molecule has 1 aromatic rings. The van der Waals surface area contributed by atoms with Crippen LogP contribution in [0.5, 0.6) is 5.75 Å². The molecule has 98 valence electrons. The van der Waals surface area contributed by atoms with E-state index >= 15 is 0 Å². The molecule has 1 fully saturated rings. The number of carbonyl (C=O) groups is 1. The van der Waals surface area contributed by atoms with E-state index in [9.17, 15) is 4.79 Å². The van der Waals surface area contributed by atoms with Gasteiger partial charge in [-0.05, 0) is 38.1 Å². The molecule has 18 heavy (non-hydrogen) atoms. The van der Waals surface area contributed by atoms with Crippen LogP contribution in [0, 0.1) is 0 Å². The Morgan fingerprint density at radius 1 is 1.39 bits per heavy atom. The molecule has 1 saturated heterocycles. The lowest BCUT2D eigenvalue weighted by Gasteiger charge is -2.36. The van der Waals surface area contributed by atoms with Gasteiger partial charge in [-0.2, -0.15) is 0 Å². The van der Waals surface area contributed by atoms with Crippen molar-refractivity contribution < 1.29 is 9.53 Å². The number of nitrogens with two attached hydrogens (primary N) is 1. The molecule has 0 aromatic heterocycles. The van der Waals surface area contributed by atoms with Crippen molar-refractivity contribution in [3.8, 4) is 5.75 Å². The van der Waals surface area contributed by atoms with E-state index in [0.717, 1.165) is 24.5 Å². The van der Waals surface area contributed by atoms with Gasteiger partial charge in [-0.1, -0.05) is 12.1 Å². The number of para-hydroxylation sites is 2. The molecule has 0 atom stereocenters. The lowest BCUT2D eigenvalue weighted by Crippen LogP contribution is -2.56. The van der Waals surface area contributed by atoms with Crippen LogP contribution >= 0.6 is 0 Å². The lowest BCUT2D eigenvalue weighted by molar-refractivity contribution is -0.123. The summed E-state index contributed by atoms with van der Waals surface area (Å²) in [5, 5.41) is 6.50. The maximum atomic E-state index is 11.8. The van der Waals surface area contributed by atoms with Crippen molar-refractivity contribution in [2.24, 2.45) is 5.73 Å². The molecule has 4 N–H and O–H groups in total. The third-order valence-corrected chi connectivity index (χ3v) is 3.41. The first-order valence-corrected chi connectivity index (χ1v) is 6.10. The van der Waals surface area contributed by atoms with Crippen molar-refractivity contribution in [2.75, 3.05) is 25.5 Å². The summed E-state index contributed by atoms with van der Waals surface area (Å²) in [6.45, 7) is 1.57. The van der Waals surface area contributed by atoms with Gasteiger partial charge in [0.15, 0.2) is 0 Å². The highest BCUT2D eigenvalue weighted by Crippen LogP contribution is 2.30. The summed E-state index contributed by atoms with van der Waals surface area (Å²) < 4.78 is 5.28. The highest BCUT2D eigenvalue weighted by molar-refractivity contribution is 5.88. The Labute approximate surface area is 107 Å². The lowest BCUT2D eigenvalue weighted by atomic mass is 9.87. The third-order valence-electron chi connectivity index (χ3n) is 3.41. The van der Waals surface area contributed by atoms with Crippen LogP contribution in [-0.4, -0.2) is 31.6 Å². The minimum atomic E-state index is -0.681. The number of hydrogen-bond donors (Lipinski definition) is 3. The van der Waals surface area contributed by atoms with Crippen molar-refractivity contribution in [1.29, 1.82) is 0 Å². The van der Waals surface area contributed by atoms with E-state index in [-0.39, 0.29) is 5.91 Å². The van der Waals surface area contributed by atoms with Crippen molar-refractivity contribution in [3.63, 3.8) is 0 Å². The van der Waals surface area contributed by atoms with Gasteiger partial charge in [-0.3, -0.25) is 4.79 Å². The summed E-state index contributed by atoms with van der Waals surface area (Å²) in [7, 11) is 1.61. The summed E-state index contributed by atoms with van der Waals surface area (Å²) in [4.78, 5) is 11.8. The first-order chi connectivity index (χ1) is 8.68. The van der Waals surface area contributed by atoms with Crippen LogP contribution in [0.15, 0.2) is 24.3 Å². The molecule has 0 unspecified atom stereocenters. The second-order valence-electron chi connectivity index (χ2n) is 4.52. The SMILES string of the molecule is COc1ccccc1NC1(C(N)=O)CCNCC1. The number of ether oxygens (including phenoxy) is 1. The zero-order chi connectivity index (χ0) is 13.0. The predicted octanol–water partition coefficient (Wildman–Crippen LogP) is 0.715. The molecule has 1 heterocycles. The van der Waals surface area contributed by atoms with Gasteiger partial charge in [0.2, 0.25) is 5.91 Å². The normalized spacial score (nSPS) is 18.1. The average Bonchev–Trinajstić information content (AvgIpc) is 2.40. The molecule has 0 radical (unpaired) electrons. The topological polar surface area (TPSA) is 76.4 Å². The smallest absolute Gasteiger partial charge is 0.243 e. The van der Waals surface area contributed by atoms with E-state index in [4.69, 9.17) is 10.5 Å². The third kappa shape index (κ3) is 2.41. The maximum Gasteiger partial charge on any atom is 0.243 e. The fourth-order valence-electron chi connectivity index (χ4n) is 2.29. The molecule has 1 aliphatic rings. The second-order valence-corrected chi connectivity index (χ2v) is 4.52. The highest BCUT2D eigenvalue weighted by atomic mass is 16.5. The van der Waals surface area contributed by atoms with Crippen LogP contribution in [0.25, 0.3) is 0 Å². The van der Waals surface area contributed by atoms with E-state index in [2.05, 4.69) is 10.6 Å². The monoisotopic (exact) mass is 249 g/mol. The van der Waals surface area contributed by atoms with Gasteiger partial charge < -0.3 is 21.1 Å². The number of methoxy groups -OCH3 is 1. The number of hydrogen-bond acceptors (Lipinski definition) is 4. The van der Waals surface area contributed by atoms with Crippen LogP contribution < -0.4 is 21.1 Å². The molecule has 0 aliphatic carbocycles. The maximum absolute atomic E-state index is 11.8. The van der Waals surface area contributed by atoms with Gasteiger partial charge >= 0.3 is 0 Å². The first kappa shape index (κ1) is 12.7. The molecule has 0 saturated carbocycles. The number of anilines is 1. The van der Waals surface area contributed by atoms with Crippen LogP contribution in [-0.2, 0) is 4.79 Å². The number of amides is 1. The predicted molar refractivity (Wildman–Crippen MR) is 70.6 cm³/mol. The van der Waals surface area contributed by atoms with E-state index in [1.54, 1.807) is 7.11 Å². The molecule has 5 nitrogen and oxygen atoms in total. The van der Waals surface area contributed by atoms with E-state index in [1.807, 2.05) is 24.3 Å². The Bertz CT molecular complexity index is 428. The number of nitrogens with one attached hydrogen (secondary N) is 2. The van der Waals surface area contributed by atoms with Crippen LogP contribution in [0.1, 0.15) is 12.8 Å². The van der Waals surface area contributed by atoms with Crippen molar-refractivity contribution >= 4 is 11.6 Å². The van der Waals surface area contributed by atoms with Crippen LogP contribution in [0.3, 0.4) is 0 Å². The van der Waals surface area contributed by atoms with Crippen molar-refractivity contribution in [1.82, 2.24) is 5.32 Å². The van der Waals surface area contributed by atoms with Gasteiger partial charge in [0.25, 0.3) is 0 Å². The molecule has 1 aromatic carbocycles. The van der Waals surface area contributed by atoms with Crippen LogP contribution in [0.4, 0.5) is 5.69 Å². The van der Waals surface area contributed by atoms with Crippen molar-refractivity contribution in [3.05, 3.63) is 24.3 Å². The molecule has 2 rings (SSSR count). The largest absolute Gasteiger partial charge is 0.495 e. The average molecular weight is 249 g/mol. The fourth-order valence-corrected chi connectivity index (χ4v) is 2.29. The molecular formula is C13H19N3O2. The van der Waals surface area contributed by atoms with Crippen molar-refractivity contribution in [2.45, 2.75) is 18.4 Å². The zero-order valence-corrected chi connectivity index (χ0v) is 10.5. The molecular weight excluding hydrogens is 230 g/mol. The minimum absolute atomic E-state index is 0.310. The number of benzene rings is 1. The van der Waals surface area contributed by atoms with Crippen LogP contribution in [0.2, 0.25) is 0 Å². The summed E-state index contributed by atoms with van der Waals surface area (Å²) >= 11 is 0. The second kappa shape index (κ2) is 5.27. The first-order valence-electron chi connectivity index (χ1n) is 6.10. The minimum Gasteiger partial charge on any atom is -0.495 e. The molecule has 1 amide bonds. The number of rotatable bonds is 4. The number of carbonyl (C=O) groups excluding carboxylic acids is 1. The number of piperidine rings is 1. The van der Waals surface area contributed by atoms with Gasteiger partial charge in [0, 0.05) is 0 Å². The fraction of sp³-hybridized carbons (Fsp3) is 0.462. The Kier molecular flexibility index (Phi) is 3.72. The summed E-state index contributed by atoms with van der Waals surface area (Å²) in [6.07, 6.45) is 1.36. The molecule has 0 bridgehead atoms. The summed E-state index contributed by atoms with van der Waals surface area (Å²) in [5.41, 5.74) is 5.70. The quantitative estimate of drug-likeness (QED) is 0.734. The van der Waals surface area contributed by atoms with Gasteiger partial charge in [0.1, 0.15) is 11.3 Å². The van der Waals surface area contributed by atoms with E-state index in [1.165, 1.54) is 0 Å². The highest BCUT2D eigenvalue weighted by Gasteiger charge is 2.38. The summed E-state index contributed by atoms with van der Waals surface area (Å²) in [5.74, 6) is 0.409. The van der Waals surface area contributed by atoms with Gasteiger partial charge in [-0.15, -0.1) is 0 Å². The Hall–Kier alpha value is -1.75. The Balaban J connectivity index is 2.26. The molecule has 1 aliphatic heterocycles. The molecule has 5 heteroatoms. The van der Waals surface area contributed by atoms with Gasteiger partial charge in [0.05, 0.1) is 12.8 Å².